The van der Waals surface area contributed by atoms with Crippen LogP contribution in [0.4, 0.5) is 0 Å². The first-order chi connectivity index (χ1) is 9.25. The molecule has 1 heterocycles. The normalized spacial score (nSPS) is 10.2. The molecule has 0 saturated carbocycles. The van der Waals surface area contributed by atoms with Crippen LogP contribution < -0.4 is 5.56 Å². The van der Waals surface area contributed by atoms with Crippen molar-refractivity contribution in [1.29, 1.82) is 0 Å². The lowest BCUT2D eigenvalue weighted by Gasteiger charge is -2.10. The Hall–Kier alpha value is -2.13. The van der Waals surface area contributed by atoms with E-state index in [1.165, 1.54) is 0 Å². The molecule has 0 bridgehead atoms. The monoisotopic (exact) mass is 286 g/mol. The van der Waals surface area contributed by atoms with Gasteiger partial charge < -0.3 is 0 Å². The van der Waals surface area contributed by atoms with Crippen molar-refractivity contribution in [3.8, 4) is 0 Å². The van der Waals surface area contributed by atoms with Crippen LogP contribution >= 0.6 is 12.4 Å². The minimum Gasteiger partial charge on any atom is -0.292 e. The zero-order valence-electron chi connectivity index (χ0n) is 11.1. The number of benzene rings is 2. The first kappa shape index (κ1) is 14.3. The molecule has 0 fully saturated rings. The fourth-order valence-electron chi connectivity index (χ4n) is 2.23. The van der Waals surface area contributed by atoms with E-state index in [9.17, 15) is 4.79 Å². The first-order valence-corrected chi connectivity index (χ1v) is 6.26. The van der Waals surface area contributed by atoms with Crippen molar-refractivity contribution in [2.45, 2.75) is 13.5 Å². The Labute approximate surface area is 123 Å². The summed E-state index contributed by atoms with van der Waals surface area (Å²) >= 11 is 0. The maximum Gasteiger partial charge on any atom is 0.261 e. The molecular formula is C16H15ClN2O. The maximum atomic E-state index is 12.5. The quantitative estimate of drug-likeness (QED) is 0.725. The zero-order chi connectivity index (χ0) is 13.2. The molecule has 20 heavy (non-hydrogen) atoms. The number of rotatable bonds is 2. The second kappa shape index (κ2) is 5.88. The third kappa shape index (κ3) is 2.58. The molecule has 0 radical (unpaired) electrons. The summed E-state index contributed by atoms with van der Waals surface area (Å²) in [5.74, 6) is 0.743. The van der Waals surface area contributed by atoms with Crippen molar-refractivity contribution in [1.82, 2.24) is 9.55 Å². The standard InChI is InChI=1S/C16H14N2O.ClH/c1-12-17-15-10-6-5-9-14(15)16(19)18(12)11-13-7-3-2-4-8-13;/h2-10H,11H2,1H3;1H. The summed E-state index contributed by atoms with van der Waals surface area (Å²) in [7, 11) is 0. The molecular weight excluding hydrogens is 272 g/mol. The predicted octanol–water partition coefficient (Wildman–Crippen LogP) is 3.18. The highest BCUT2D eigenvalue weighted by molar-refractivity contribution is 5.85. The van der Waals surface area contributed by atoms with Gasteiger partial charge >= 0.3 is 0 Å². The Morgan fingerprint density at radius 3 is 2.40 bits per heavy atom. The molecule has 3 aromatic rings. The van der Waals surface area contributed by atoms with Gasteiger partial charge in [-0.2, -0.15) is 0 Å². The van der Waals surface area contributed by atoms with Crippen molar-refractivity contribution < 1.29 is 0 Å². The molecule has 0 aliphatic heterocycles. The molecule has 3 nitrogen and oxygen atoms in total. The summed E-state index contributed by atoms with van der Waals surface area (Å²) in [6.45, 7) is 2.43. The molecule has 1 aromatic heterocycles. The van der Waals surface area contributed by atoms with Crippen molar-refractivity contribution >= 4 is 23.3 Å². The van der Waals surface area contributed by atoms with Gasteiger partial charge in [-0.3, -0.25) is 9.36 Å². The van der Waals surface area contributed by atoms with Crippen LogP contribution in [0.25, 0.3) is 10.9 Å². The maximum absolute atomic E-state index is 12.5. The fourth-order valence-corrected chi connectivity index (χ4v) is 2.23. The van der Waals surface area contributed by atoms with Crippen LogP contribution in [-0.2, 0) is 6.54 Å². The summed E-state index contributed by atoms with van der Waals surface area (Å²) in [4.78, 5) is 17.0. The Morgan fingerprint density at radius 1 is 1.00 bits per heavy atom. The Kier molecular flexibility index (Phi) is 4.20. The van der Waals surface area contributed by atoms with Crippen molar-refractivity contribution in [3.05, 3.63) is 76.3 Å². The lowest BCUT2D eigenvalue weighted by Crippen LogP contribution is -2.24. The SMILES string of the molecule is Cc1nc2ccccc2c(=O)n1Cc1ccccc1.Cl. The summed E-state index contributed by atoms with van der Waals surface area (Å²) in [6, 6.07) is 17.4. The average Bonchev–Trinajstić information content (AvgIpc) is 2.45. The zero-order valence-corrected chi connectivity index (χ0v) is 11.9. The number of nitrogens with zero attached hydrogens (tertiary/aromatic N) is 2. The van der Waals surface area contributed by atoms with Crippen molar-refractivity contribution in [2.75, 3.05) is 0 Å². The van der Waals surface area contributed by atoms with E-state index in [-0.39, 0.29) is 18.0 Å². The molecule has 2 aromatic carbocycles. The second-order valence-electron chi connectivity index (χ2n) is 4.55. The molecule has 0 N–H and O–H groups in total. The number of aryl methyl sites for hydroxylation is 1. The van der Waals surface area contributed by atoms with E-state index in [1.54, 1.807) is 4.57 Å². The Bertz CT molecular complexity index is 781. The predicted molar refractivity (Wildman–Crippen MR) is 83.5 cm³/mol. The molecule has 3 rings (SSSR count). The van der Waals surface area contributed by atoms with Gasteiger partial charge in [0, 0.05) is 0 Å². The smallest absolute Gasteiger partial charge is 0.261 e. The summed E-state index contributed by atoms with van der Waals surface area (Å²) < 4.78 is 1.72. The van der Waals surface area contributed by atoms with Crippen LogP contribution in [0.15, 0.2) is 59.4 Å². The van der Waals surface area contributed by atoms with E-state index in [0.29, 0.717) is 11.9 Å². The third-order valence-corrected chi connectivity index (χ3v) is 3.24. The second-order valence-corrected chi connectivity index (χ2v) is 4.55. The molecule has 0 unspecified atom stereocenters. The van der Waals surface area contributed by atoms with E-state index in [2.05, 4.69) is 4.98 Å². The summed E-state index contributed by atoms with van der Waals surface area (Å²) in [5, 5.41) is 0.670. The molecule has 0 spiro atoms. The fraction of sp³-hybridized carbons (Fsp3) is 0.125. The van der Waals surface area contributed by atoms with Crippen LogP contribution in [0.3, 0.4) is 0 Å². The third-order valence-electron chi connectivity index (χ3n) is 3.24. The van der Waals surface area contributed by atoms with Crippen LogP contribution in [0.2, 0.25) is 0 Å². The van der Waals surface area contributed by atoms with E-state index < -0.39 is 0 Å². The van der Waals surface area contributed by atoms with Crippen LogP contribution in [0.5, 0.6) is 0 Å². The Morgan fingerprint density at radius 2 is 1.65 bits per heavy atom. The largest absolute Gasteiger partial charge is 0.292 e. The highest BCUT2D eigenvalue weighted by Crippen LogP contribution is 2.09. The van der Waals surface area contributed by atoms with Gasteiger partial charge in [0.25, 0.3) is 5.56 Å². The number of hydrogen-bond acceptors (Lipinski definition) is 2. The van der Waals surface area contributed by atoms with Crippen molar-refractivity contribution in [3.63, 3.8) is 0 Å². The molecule has 0 aliphatic rings. The van der Waals surface area contributed by atoms with E-state index in [0.717, 1.165) is 16.9 Å². The van der Waals surface area contributed by atoms with Crippen LogP contribution in [-0.4, -0.2) is 9.55 Å². The van der Waals surface area contributed by atoms with Gasteiger partial charge in [0.2, 0.25) is 0 Å². The van der Waals surface area contributed by atoms with Gasteiger partial charge in [0.1, 0.15) is 5.82 Å². The number of fused-ring (bicyclic) bond motifs is 1. The topological polar surface area (TPSA) is 34.9 Å². The number of para-hydroxylation sites is 1. The molecule has 4 heteroatoms. The average molecular weight is 287 g/mol. The van der Waals surface area contributed by atoms with Gasteiger partial charge in [0.15, 0.2) is 0 Å². The van der Waals surface area contributed by atoms with Crippen LogP contribution in [0, 0.1) is 6.92 Å². The van der Waals surface area contributed by atoms with Gasteiger partial charge in [-0.15, -0.1) is 12.4 Å². The van der Waals surface area contributed by atoms with Gasteiger partial charge in [0.05, 0.1) is 17.4 Å². The molecule has 0 saturated heterocycles. The van der Waals surface area contributed by atoms with Crippen LogP contribution in [0.1, 0.15) is 11.4 Å². The lowest BCUT2D eigenvalue weighted by molar-refractivity contribution is 0.713. The van der Waals surface area contributed by atoms with E-state index in [1.807, 2.05) is 61.5 Å². The molecule has 0 aliphatic carbocycles. The van der Waals surface area contributed by atoms with Gasteiger partial charge in [-0.25, -0.2) is 4.98 Å². The highest BCUT2D eigenvalue weighted by Gasteiger charge is 2.07. The number of aromatic nitrogens is 2. The van der Waals surface area contributed by atoms with Gasteiger partial charge in [-0.05, 0) is 24.6 Å². The molecule has 0 amide bonds. The summed E-state index contributed by atoms with van der Waals surface area (Å²) in [5.41, 5.74) is 1.88. The number of halogens is 1. The first-order valence-electron chi connectivity index (χ1n) is 6.26. The van der Waals surface area contributed by atoms with E-state index in [4.69, 9.17) is 0 Å². The van der Waals surface area contributed by atoms with E-state index >= 15 is 0 Å². The minimum atomic E-state index is 0. The highest BCUT2D eigenvalue weighted by atomic mass is 35.5. The number of hydrogen-bond donors (Lipinski definition) is 0. The van der Waals surface area contributed by atoms with Gasteiger partial charge in [-0.1, -0.05) is 42.5 Å². The van der Waals surface area contributed by atoms with Crippen molar-refractivity contribution in [2.24, 2.45) is 0 Å². The minimum absolute atomic E-state index is 0. The molecule has 0 atom stereocenters. The molecule has 102 valence electrons. The lowest BCUT2D eigenvalue weighted by atomic mass is 10.2. The Balaban J connectivity index is 0.00000147. The summed E-state index contributed by atoms with van der Waals surface area (Å²) in [6.07, 6.45) is 0.